The molecule has 0 aromatic carbocycles. The third-order valence-electron chi connectivity index (χ3n) is 0.143. The maximum Gasteiger partial charge on any atom is 2.00 e. The van der Waals surface area contributed by atoms with Gasteiger partial charge in [0.1, 0.15) is 0 Å². The van der Waals surface area contributed by atoms with Gasteiger partial charge in [0.25, 0.3) is 0 Å². The van der Waals surface area contributed by atoms with Gasteiger partial charge in [-0.3, -0.25) is 0 Å². The van der Waals surface area contributed by atoms with E-state index < -0.39 is 20.5 Å². The van der Waals surface area contributed by atoms with Crippen LogP contribution < -0.4 is 28.0 Å². The van der Waals surface area contributed by atoms with Gasteiger partial charge in [0.15, 0.2) is 0 Å². The monoisotopic (exact) mass is 224 g/mol. The second kappa shape index (κ2) is 4.55. The molecule has 0 atom stereocenters. The molecule has 0 spiro atoms. The summed E-state index contributed by atoms with van der Waals surface area (Å²) in [6.07, 6.45) is 0. The van der Waals surface area contributed by atoms with Crippen molar-refractivity contribution in [3.63, 3.8) is 0 Å². The molecule has 0 aliphatic heterocycles. The van der Waals surface area contributed by atoms with Crippen molar-refractivity contribution >= 4 is 37.7 Å². The van der Waals surface area contributed by atoms with Crippen LogP contribution in [0.15, 0.2) is 0 Å². The second-order valence-electron chi connectivity index (χ2n) is 0.814. The molecule has 0 aromatic rings. The first-order valence-electron chi connectivity index (χ1n) is 1.23. The van der Waals surface area contributed by atoms with Crippen LogP contribution in [0.2, 0.25) is 0 Å². The van der Waals surface area contributed by atoms with E-state index in [1.807, 2.05) is 0 Å². The Bertz CT molecular complexity index is 84.6. The first kappa shape index (κ1) is 14.1. The van der Waals surface area contributed by atoms with Crippen LogP contribution >= 0.6 is 0 Å². The molecule has 0 rings (SSSR count). The summed E-state index contributed by atoms with van der Waals surface area (Å²) < 4.78 is 57.9. The summed E-state index contributed by atoms with van der Waals surface area (Å²) in [7, 11) is -10.4. The third kappa shape index (κ3) is 12.3. The van der Waals surface area contributed by atoms with Gasteiger partial charge in [0.2, 0.25) is 20.5 Å². The molecule has 0 unspecified atom stereocenters. The van der Waals surface area contributed by atoms with Crippen molar-refractivity contribution < 1.29 is 55.1 Å². The van der Waals surface area contributed by atoms with Crippen molar-refractivity contribution in [1.29, 1.82) is 0 Å². The zero-order valence-corrected chi connectivity index (χ0v) is 8.04. The van der Waals surface area contributed by atoms with Crippen LogP contribution in [0, 0.1) is 20.5 Å². The summed E-state index contributed by atoms with van der Waals surface area (Å²) >= 11 is 0. The van der Waals surface area contributed by atoms with Crippen LogP contribution in [0.5, 0.6) is 0 Å². The Morgan fingerprint density at radius 1 is 0.800 bits per heavy atom. The molecule has 60 valence electrons. The fourth-order valence-electron chi connectivity index (χ4n) is 0.0875. The van der Waals surface area contributed by atoms with E-state index >= 15 is 0 Å². The van der Waals surface area contributed by atoms with Gasteiger partial charge in [-0.05, 0) is 0 Å². The Balaban J connectivity index is -0.000000107. The van der Waals surface area contributed by atoms with E-state index in [4.69, 9.17) is 0 Å². The van der Waals surface area contributed by atoms with Gasteiger partial charge in [-0.2, -0.15) is 28.0 Å². The Morgan fingerprint density at radius 3 is 1.00 bits per heavy atom. The third-order valence-corrected chi connectivity index (χ3v) is 1.29. The van der Waals surface area contributed by atoms with Crippen molar-refractivity contribution in [3.05, 3.63) is 0 Å². The molecule has 0 fully saturated rings. The van der Waals surface area contributed by atoms with E-state index in [0.29, 0.717) is 0 Å². The minimum absolute atomic E-state index is 0. The van der Waals surface area contributed by atoms with Crippen LogP contribution in [0.3, 0.4) is 0 Å². The van der Waals surface area contributed by atoms with E-state index in [1.54, 1.807) is 0 Å². The Kier molecular flexibility index (Phi) is 6.42. The minimum Gasteiger partial charge on any atom is -1.00 e. The van der Waals surface area contributed by atoms with Crippen molar-refractivity contribution in [2.24, 2.45) is 0 Å². The van der Waals surface area contributed by atoms with Gasteiger partial charge in [-0.25, -0.2) is 0 Å². The summed E-state index contributed by atoms with van der Waals surface area (Å²) in [5, 5.41) is 0. The number of hydrogen-bond acceptors (Lipinski definition) is 7. The van der Waals surface area contributed by atoms with Gasteiger partial charge in [0.05, 0.1) is 0 Å². The van der Waals surface area contributed by atoms with Crippen molar-refractivity contribution in [2.45, 2.75) is 0 Å². The molecule has 7 nitrogen and oxygen atoms in total. The SMILES string of the molecule is [Ca+2].[H-].[H-].[O-][Cl+3]([O-])([O-])O[Cl+3]([O-])([O-])[O-]. The maximum absolute atomic E-state index is 9.26. The van der Waals surface area contributed by atoms with Crippen molar-refractivity contribution in [1.82, 2.24) is 0 Å². The van der Waals surface area contributed by atoms with E-state index in [9.17, 15) is 28.0 Å². The maximum atomic E-state index is 9.26. The summed E-state index contributed by atoms with van der Waals surface area (Å²) in [4.78, 5) is 0. The quantitative estimate of drug-likeness (QED) is 0.423. The summed E-state index contributed by atoms with van der Waals surface area (Å²) in [6.45, 7) is 0. The predicted octanol–water partition coefficient (Wildman–Crippen LogP) is -7.36. The Morgan fingerprint density at radius 2 is 1.00 bits per heavy atom. The Hall–Kier alpha value is 1.56. The van der Waals surface area contributed by atoms with Gasteiger partial charge in [-0.15, -0.1) is 0 Å². The molecule has 10 heteroatoms. The van der Waals surface area contributed by atoms with E-state index in [-0.39, 0.29) is 40.6 Å². The van der Waals surface area contributed by atoms with E-state index in [2.05, 4.69) is 3.84 Å². The van der Waals surface area contributed by atoms with Crippen LogP contribution in [-0.2, 0) is 3.84 Å². The average molecular weight is 225 g/mol. The molecule has 0 saturated carbocycles. The van der Waals surface area contributed by atoms with Gasteiger partial charge >= 0.3 is 41.6 Å². The van der Waals surface area contributed by atoms with Gasteiger partial charge in [-0.1, -0.05) is 0 Å². The zero-order chi connectivity index (χ0) is 7.71. The fourth-order valence-corrected chi connectivity index (χ4v) is 0.787. The molecule has 0 bridgehead atoms. The van der Waals surface area contributed by atoms with Crippen LogP contribution in [-0.4, -0.2) is 37.7 Å². The summed E-state index contributed by atoms with van der Waals surface area (Å²) in [5.41, 5.74) is 0. The molecule has 10 heavy (non-hydrogen) atoms. The molecule has 0 saturated heterocycles. The molecule has 0 amide bonds. The standard InChI is InChI=1S/Ca.Cl2O7.2H/c;3-1(4,5)9-2(6,7)8;;/q+2;;2*-1. The minimum atomic E-state index is -5.19. The largest absolute Gasteiger partial charge is 2.00 e. The molecule has 0 aromatic heterocycles. The first-order valence-corrected chi connectivity index (χ1v) is 3.70. The van der Waals surface area contributed by atoms with Crippen LogP contribution in [0.25, 0.3) is 0 Å². The molecular formula is H2CaCl2O7. The van der Waals surface area contributed by atoms with Crippen molar-refractivity contribution in [2.75, 3.05) is 0 Å². The molecule has 0 aliphatic rings. The van der Waals surface area contributed by atoms with E-state index in [1.165, 1.54) is 0 Å². The van der Waals surface area contributed by atoms with Crippen LogP contribution in [0.4, 0.5) is 0 Å². The topological polar surface area (TPSA) is 148 Å². The zero-order valence-electron chi connectivity index (χ0n) is 6.32. The molecule has 0 radical (unpaired) electrons. The van der Waals surface area contributed by atoms with Crippen LogP contribution in [0.1, 0.15) is 2.85 Å². The van der Waals surface area contributed by atoms with Crippen molar-refractivity contribution in [3.8, 4) is 0 Å². The summed E-state index contributed by atoms with van der Waals surface area (Å²) in [5.74, 6) is 0. The Labute approximate surface area is 92.3 Å². The predicted molar refractivity (Wildman–Crippen MR) is 9.06 cm³/mol. The average Bonchev–Trinajstić information content (AvgIpc) is 1.14. The number of rotatable bonds is 2. The second-order valence-corrected chi connectivity index (χ2v) is 2.79. The molecule has 0 heterocycles. The molecule has 0 aliphatic carbocycles. The normalized spacial score (nSPS) is 12.6. The summed E-state index contributed by atoms with van der Waals surface area (Å²) in [6, 6.07) is 0. The molecular weight excluding hydrogens is 223 g/mol. The first-order chi connectivity index (χ1) is 3.71. The fraction of sp³-hybridized carbons (Fsp3) is 0. The van der Waals surface area contributed by atoms with Gasteiger partial charge in [0, 0.05) is 0 Å². The van der Waals surface area contributed by atoms with E-state index in [0.717, 1.165) is 0 Å². The number of halogens is 2. The smallest absolute Gasteiger partial charge is 1.00 e. The molecule has 0 N–H and O–H groups in total. The number of hydrogen-bond donors (Lipinski definition) is 0. The van der Waals surface area contributed by atoms with Gasteiger partial charge < -0.3 is 2.85 Å².